The molecule has 0 radical (unpaired) electrons. The molecule has 4 unspecified atom stereocenters. The number of ether oxygens (including phenoxy) is 4. The highest BCUT2D eigenvalue weighted by atomic mass is 16.6. The number of carbonyl (C=O) groups is 6. The number of carbonyl (C=O) groups excluding carboxylic acids is 6. The molecular formula is C66H124N4O12+2. The minimum atomic E-state index is -0.765. The Morgan fingerprint density at radius 3 is 1.07 bits per heavy atom. The van der Waals surface area contributed by atoms with E-state index in [-0.39, 0.29) is 61.4 Å². The number of amides is 2. The molecule has 0 aromatic rings. The van der Waals surface area contributed by atoms with Gasteiger partial charge in [0.15, 0.2) is 0 Å². The van der Waals surface area contributed by atoms with Crippen LogP contribution >= 0.6 is 0 Å². The lowest BCUT2D eigenvalue weighted by molar-refractivity contribution is -0.870. The van der Waals surface area contributed by atoms with Crippen LogP contribution in [0.15, 0.2) is 24.3 Å². The predicted molar refractivity (Wildman–Crippen MR) is 331 cm³/mol. The minimum absolute atomic E-state index is 0.122. The van der Waals surface area contributed by atoms with E-state index in [9.17, 15) is 39.0 Å². The van der Waals surface area contributed by atoms with Crippen LogP contribution in [0.2, 0.25) is 0 Å². The van der Waals surface area contributed by atoms with Crippen LogP contribution < -0.4 is 10.6 Å². The molecule has 16 heteroatoms. The van der Waals surface area contributed by atoms with E-state index in [1.807, 2.05) is 54.4 Å². The Balaban J connectivity index is 3.88. The van der Waals surface area contributed by atoms with Crippen LogP contribution in [0.25, 0.3) is 0 Å². The van der Waals surface area contributed by atoms with Gasteiger partial charge in [-0.25, -0.2) is 0 Å². The Morgan fingerprint density at radius 1 is 0.390 bits per heavy atom. The van der Waals surface area contributed by atoms with E-state index in [1.165, 1.54) is 25.7 Å². The number of hydrogen-bond donors (Lipinski definition) is 4. The number of nitrogens with one attached hydrogen (secondary N) is 2. The third-order valence-corrected chi connectivity index (χ3v) is 14.6. The van der Waals surface area contributed by atoms with Gasteiger partial charge in [-0.15, -0.1) is 0 Å². The number of unbranched alkanes of at least 4 members (excludes halogenated alkanes) is 21. The van der Waals surface area contributed by atoms with Crippen molar-refractivity contribution >= 4 is 35.7 Å². The second kappa shape index (κ2) is 52.7. The summed E-state index contributed by atoms with van der Waals surface area (Å²) in [6, 6.07) is 0. The lowest BCUT2D eigenvalue weighted by atomic mass is 10.0. The Morgan fingerprint density at radius 2 is 0.720 bits per heavy atom. The lowest BCUT2D eigenvalue weighted by Gasteiger charge is -2.23. The Hall–Kier alpha value is -3.86. The maximum atomic E-state index is 12.6. The molecule has 0 aromatic heterocycles. The van der Waals surface area contributed by atoms with E-state index in [4.69, 9.17) is 18.9 Å². The van der Waals surface area contributed by atoms with E-state index >= 15 is 0 Å². The molecule has 0 bridgehead atoms. The highest BCUT2D eigenvalue weighted by Crippen LogP contribution is 2.19. The molecule has 4 atom stereocenters. The number of rotatable bonds is 57. The first-order valence-corrected chi connectivity index (χ1v) is 32.8. The van der Waals surface area contributed by atoms with Crippen molar-refractivity contribution in [3.8, 4) is 0 Å². The third kappa shape index (κ3) is 54.1. The molecular weight excluding hydrogens is 1040 g/mol. The van der Waals surface area contributed by atoms with Crippen molar-refractivity contribution in [2.24, 2.45) is 0 Å². The second-order valence-corrected chi connectivity index (χ2v) is 24.9. The summed E-state index contributed by atoms with van der Waals surface area (Å²) in [7, 11) is 12.2. The van der Waals surface area contributed by atoms with Crippen LogP contribution in [0.3, 0.4) is 0 Å². The van der Waals surface area contributed by atoms with Crippen molar-refractivity contribution in [3.63, 3.8) is 0 Å². The zero-order valence-corrected chi connectivity index (χ0v) is 53.6. The van der Waals surface area contributed by atoms with E-state index in [2.05, 4.69) is 36.6 Å². The predicted octanol–water partition coefficient (Wildman–Crippen LogP) is 12.2. The number of esters is 4. The average molecular weight is 1170 g/mol. The van der Waals surface area contributed by atoms with Gasteiger partial charge < -0.3 is 48.8 Å². The van der Waals surface area contributed by atoms with Crippen LogP contribution in [0.5, 0.6) is 0 Å². The number of likely N-dealkylation sites (N-methyl/N-ethyl adjacent to an activating group) is 2. The Labute approximate surface area is 499 Å². The van der Waals surface area contributed by atoms with Crippen molar-refractivity contribution < 1.29 is 66.9 Å². The zero-order valence-electron chi connectivity index (χ0n) is 53.6. The summed E-state index contributed by atoms with van der Waals surface area (Å²) in [6.07, 6.45) is 37.2. The van der Waals surface area contributed by atoms with Crippen molar-refractivity contribution in [3.05, 3.63) is 24.3 Å². The minimum Gasteiger partial charge on any atom is -0.460 e. The van der Waals surface area contributed by atoms with Gasteiger partial charge in [-0.3, -0.25) is 28.8 Å². The first-order chi connectivity index (χ1) is 39.3. The average Bonchev–Trinajstić information content (AvgIpc) is 3.41. The summed E-state index contributed by atoms with van der Waals surface area (Å²) >= 11 is 0. The SMILES string of the molecule is CCCCCC(OC(=O)CCCC(=O)OCC[N+](C)(C)C)C(O)C/C=C/CCCCCCCC(=O)NCCCCCCCCCCNC(=O)CCCCCCC/C=C/CC(O)C(CCCCC)OC(=O)CCCC(=O)OCC[N+](C)(C)C. The smallest absolute Gasteiger partial charge is 0.306 e. The molecule has 0 saturated carbocycles. The molecule has 16 nitrogen and oxygen atoms in total. The summed E-state index contributed by atoms with van der Waals surface area (Å²) in [6.45, 7) is 7.87. The molecule has 82 heavy (non-hydrogen) atoms. The first-order valence-electron chi connectivity index (χ1n) is 32.8. The number of aliphatic hydroxyl groups is 2. The van der Waals surface area contributed by atoms with Gasteiger partial charge in [-0.1, -0.05) is 141 Å². The number of nitrogens with zero attached hydrogens (tertiary/aromatic N) is 2. The highest BCUT2D eigenvalue weighted by Gasteiger charge is 2.24. The third-order valence-electron chi connectivity index (χ3n) is 14.6. The van der Waals surface area contributed by atoms with Crippen molar-refractivity contribution in [2.45, 2.75) is 282 Å². The van der Waals surface area contributed by atoms with Crippen molar-refractivity contribution in [2.75, 3.05) is 81.7 Å². The first kappa shape index (κ1) is 78.1. The molecule has 0 aliphatic rings. The second-order valence-electron chi connectivity index (χ2n) is 24.9. The van der Waals surface area contributed by atoms with Gasteiger partial charge in [0.1, 0.15) is 38.5 Å². The van der Waals surface area contributed by atoms with Crippen LogP contribution in [0.1, 0.15) is 258 Å². The molecule has 478 valence electrons. The fourth-order valence-corrected chi connectivity index (χ4v) is 9.18. The van der Waals surface area contributed by atoms with Gasteiger partial charge in [0.05, 0.1) is 54.5 Å². The standard InChI is InChI=1S/C66H122N4O12/c1-9-11-31-43-59(81-65(77)49-39-47-63(75)79-55-53-69(3,4)5)57(71)41-33-25-19-13-15-21-27-35-45-61(73)67-51-37-29-23-17-18-24-30-38-52-68-62(74)46-36-28-22-16-14-20-26-34-42-58(72)60(44-32-12-10-2)82-66(78)50-40-48-64(76)80-56-54-70(6,7)8/h25-26,33-34,57-60,71-72H,9-24,27-32,35-56H2,1-8H3/p+2/b33-25+,34-26+. The van der Waals surface area contributed by atoms with Gasteiger partial charge in [0.2, 0.25) is 11.8 Å². The normalized spacial score (nSPS) is 13.4. The summed E-state index contributed by atoms with van der Waals surface area (Å²) in [5, 5.41) is 27.9. The fourth-order valence-electron chi connectivity index (χ4n) is 9.18. The summed E-state index contributed by atoms with van der Waals surface area (Å²) in [4.78, 5) is 73.9. The molecule has 0 aromatic carbocycles. The quantitative estimate of drug-likeness (QED) is 0.0148. The molecule has 4 N–H and O–H groups in total. The lowest BCUT2D eigenvalue weighted by Crippen LogP contribution is -2.38. The van der Waals surface area contributed by atoms with E-state index in [0.29, 0.717) is 73.5 Å². The molecule has 0 spiro atoms. The van der Waals surface area contributed by atoms with Crippen LogP contribution in [0.4, 0.5) is 0 Å². The van der Waals surface area contributed by atoms with Gasteiger partial charge in [0.25, 0.3) is 0 Å². The van der Waals surface area contributed by atoms with Crippen LogP contribution in [-0.4, -0.2) is 161 Å². The highest BCUT2D eigenvalue weighted by molar-refractivity contribution is 5.76. The molecule has 0 aliphatic heterocycles. The topological polar surface area (TPSA) is 204 Å². The molecule has 0 aliphatic carbocycles. The van der Waals surface area contributed by atoms with Gasteiger partial charge in [-0.2, -0.15) is 0 Å². The molecule has 0 saturated heterocycles. The molecule has 0 heterocycles. The maximum Gasteiger partial charge on any atom is 0.306 e. The fraction of sp³-hybridized carbons (Fsp3) is 0.848. The van der Waals surface area contributed by atoms with Gasteiger partial charge >= 0.3 is 23.9 Å². The molecule has 0 rings (SSSR count). The van der Waals surface area contributed by atoms with Crippen LogP contribution in [0, 0.1) is 0 Å². The zero-order chi connectivity index (χ0) is 61.0. The number of aliphatic hydroxyl groups excluding tert-OH is 2. The van der Waals surface area contributed by atoms with E-state index in [0.717, 1.165) is 167 Å². The number of quaternary nitrogens is 2. The molecule has 0 fully saturated rings. The summed E-state index contributed by atoms with van der Waals surface area (Å²) in [5.74, 6) is -1.09. The monoisotopic (exact) mass is 1160 g/mol. The Bertz CT molecular complexity index is 1560. The van der Waals surface area contributed by atoms with E-state index < -0.39 is 24.4 Å². The number of hydrogen-bond acceptors (Lipinski definition) is 12. The Kier molecular flexibility index (Phi) is 50.2. The van der Waals surface area contributed by atoms with Crippen molar-refractivity contribution in [1.82, 2.24) is 10.6 Å². The summed E-state index contributed by atoms with van der Waals surface area (Å²) in [5.41, 5.74) is 0. The van der Waals surface area contributed by atoms with Crippen molar-refractivity contribution in [1.29, 1.82) is 0 Å². The molecule has 2 amide bonds. The largest absolute Gasteiger partial charge is 0.460 e. The van der Waals surface area contributed by atoms with Crippen LogP contribution in [-0.2, 0) is 47.7 Å². The number of allylic oxidation sites excluding steroid dienone is 2. The van der Waals surface area contributed by atoms with Gasteiger partial charge in [-0.05, 0) is 103 Å². The van der Waals surface area contributed by atoms with Gasteiger partial charge in [0, 0.05) is 51.6 Å². The summed E-state index contributed by atoms with van der Waals surface area (Å²) < 4.78 is 23.4. The maximum absolute atomic E-state index is 12.6. The van der Waals surface area contributed by atoms with E-state index in [1.54, 1.807) is 0 Å².